The summed E-state index contributed by atoms with van der Waals surface area (Å²) in [5.41, 5.74) is 2.84. The topological polar surface area (TPSA) is 101 Å². The highest BCUT2D eigenvalue weighted by atomic mass is 35.5. The molecule has 1 saturated carbocycles. The summed E-state index contributed by atoms with van der Waals surface area (Å²) < 4.78 is 26.5. The zero-order valence-electron chi connectivity index (χ0n) is 15.6. The average Bonchev–Trinajstić information content (AvgIpc) is 3.49. The van der Waals surface area contributed by atoms with Gasteiger partial charge in [0.1, 0.15) is 0 Å². The number of sulfonamides is 1. The van der Waals surface area contributed by atoms with Gasteiger partial charge in [-0.05, 0) is 36.6 Å². The number of anilines is 2. The number of hydrogen-bond acceptors (Lipinski definition) is 6. The van der Waals surface area contributed by atoms with Crippen molar-refractivity contribution in [1.82, 2.24) is 9.97 Å². The van der Waals surface area contributed by atoms with Crippen LogP contribution < -0.4 is 10.0 Å². The molecule has 4 rings (SSSR count). The first-order valence-electron chi connectivity index (χ1n) is 9.00. The maximum absolute atomic E-state index is 12.5. The Kier molecular flexibility index (Phi) is 5.59. The van der Waals surface area contributed by atoms with Gasteiger partial charge >= 0.3 is 0 Å². The van der Waals surface area contributed by atoms with Crippen molar-refractivity contribution in [2.45, 2.75) is 18.1 Å². The summed E-state index contributed by atoms with van der Waals surface area (Å²) in [5.74, 6) is -0.422. The number of nitrogens with zero attached hydrogens (tertiary/aromatic N) is 2. The SMILES string of the molecule is C=C(C(=O)Nc1ccc(-c2cncc(Cl)c2)cc1)c1csc(NS(=O)(=O)C2CC2)n1. The van der Waals surface area contributed by atoms with Gasteiger partial charge in [-0.25, -0.2) is 13.4 Å². The monoisotopic (exact) mass is 460 g/mol. The number of carbonyl (C=O) groups excluding carboxylic acids is 1. The highest BCUT2D eigenvalue weighted by Crippen LogP contribution is 2.31. The fourth-order valence-electron chi connectivity index (χ4n) is 2.68. The Balaban J connectivity index is 1.40. The number of nitrogens with one attached hydrogen (secondary N) is 2. The second-order valence-corrected chi connectivity index (χ2v) is 10.0. The van der Waals surface area contributed by atoms with Crippen molar-refractivity contribution in [2.24, 2.45) is 0 Å². The van der Waals surface area contributed by atoms with E-state index in [2.05, 4.69) is 26.6 Å². The number of thiazole rings is 1. The zero-order chi connectivity index (χ0) is 21.3. The highest BCUT2D eigenvalue weighted by Gasteiger charge is 2.36. The maximum atomic E-state index is 12.5. The van der Waals surface area contributed by atoms with Crippen LogP contribution in [0, 0.1) is 0 Å². The van der Waals surface area contributed by atoms with E-state index in [9.17, 15) is 13.2 Å². The lowest BCUT2D eigenvalue weighted by molar-refractivity contribution is -0.111. The molecule has 0 radical (unpaired) electrons. The molecule has 0 atom stereocenters. The van der Waals surface area contributed by atoms with E-state index in [0.29, 0.717) is 29.2 Å². The van der Waals surface area contributed by atoms with Gasteiger partial charge in [0.2, 0.25) is 10.0 Å². The van der Waals surface area contributed by atoms with Gasteiger partial charge < -0.3 is 5.32 Å². The van der Waals surface area contributed by atoms with Crippen molar-refractivity contribution in [3.8, 4) is 11.1 Å². The standard InChI is InChI=1S/C20H17ClN4O3S2/c1-12(18-11-29-20(24-18)25-30(27,28)17-6-7-17)19(26)23-16-4-2-13(3-5-16)14-8-15(21)10-22-9-14/h2-5,8-11,17H,1,6-7H2,(H,23,26)(H,24,25). The summed E-state index contributed by atoms with van der Waals surface area (Å²) in [6.07, 6.45) is 4.59. The zero-order valence-corrected chi connectivity index (χ0v) is 18.0. The third kappa shape index (κ3) is 4.69. The van der Waals surface area contributed by atoms with E-state index in [1.807, 2.05) is 12.1 Å². The lowest BCUT2D eigenvalue weighted by Crippen LogP contribution is -2.17. The van der Waals surface area contributed by atoms with Crippen LogP contribution in [-0.2, 0) is 14.8 Å². The summed E-state index contributed by atoms with van der Waals surface area (Å²) >= 11 is 7.09. The third-order valence-corrected chi connectivity index (χ3v) is 7.38. The molecule has 0 saturated heterocycles. The Hall–Kier alpha value is -2.75. The maximum Gasteiger partial charge on any atom is 0.257 e. The van der Waals surface area contributed by atoms with Crippen LogP contribution in [0.15, 0.2) is 54.7 Å². The molecule has 1 aliphatic rings. The quantitative estimate of drug-likeness (QED) is 0.508. The molecule has 0 spiro atoms. The van der Waals surface area contributed by atoms with Gasteiger partial charge in [0.25, 0.3) is 5.91 Å². The van der Waals surface area contributed by atoms with Gasteiger partial charge in [-0.3, -0.25) is 14.5 Å². The molecule has 2 aromatic heterocycles. The second kappa shape index (κ2) is 8.17. The van der Waals surface area contributed by atoms with Crippen molar-refractivity contribution in [1.29, 1.82) is 0 Å². The molecule has 1 fully saturated rings. The summed E-state index contributed by atoms with van der Waals surface area (Å²) in [6, 6.07) is 9.02. The van der Waals surface area contributed by atoms with Crippen molar-refractivity contribution in [3.63, 3.8) is 0 Å². The number of aromatic nitrogens is 2. The first-order chi connectivity index (χ1) is 14.3. The largest absolute Gasteiger partial charge is 0.322 e. The van der Waals surface area contributed by atoms with E-state index in [0.717, 1.165) is 22.5 Å². The number of hydrogen-bond donors (Lipinski definition) is 2. The smallest absolute Gasteiger partial charge is 0.257 e. The lowest BCUT2D eigenvalue weighted by Gasteiger charge is -2.08. The summed E-state index contributed by atoms with van der Waals surface area (Å²) in [5, 5.41) is 4.79. The van der Waals surface area contributed by atoms with Crippen LogP contribution in [0.4, 0.5) is 10.8 Å². The molecule has 0 bridgehead atoms. The molecular weight excluding hydrogens is 444 g/mol. The minimum Gasteiger partial charge on any atom is -0.322 e. The highest BCUT2D eigenvalue weighted by molar-refractivity contribution is 7.93. The molecule has 2 heterocycles. The molecule has 3 aromatic rings. The normalized spacial score (nSPS) is 13.6. The first kappa shape index (κ1) is 20.5. The van der Waals surface area contributed by atoms with E-state index in [1.54, 1.807) is 36.0 Å². The fourth-order valence-corrected chi connectivity index (χ4v) is 5.18. The molecular formula is C20H17ClN4O3S2. The summed E-state index contributed by atoms with van der Waals surface area (Å²) in [7, 11) is -3.40. The number of amides is 1. The Bertz CT molecular complexity index is 1220. The summed E-state index contributed by atoms with van der Waals surface area (Å²) in [6.45, 7) is 3.79. The van der Waals surface area contributed by atoms with Crippen molar-refractivity contribution >= 4 is 55.3 Å². The van der Waals surface area contributed by atoms with Gasteiger partial charge in [0.15, 0.2) is 5.13 Å². The molecule has 10 heteroatoms. The van der Waals surface area contributed by atoms with E-state index in [4.69, 9.17) is 11.6 Å². The minimum absolute atomic E-state index is 0.145. The molecule has 30 heavy (non-hydrogen) atoms. The molecule has 1 aliphatic carbocycles. The van der Waals surface area contributed by atoms with E-state index >= 15 is 0 Å². The van der Waals surface area contributed by atoms with E-state index < -0.39 is 15.9 Å². The van der Waals surface area contributed by atoms with Crippen molar-refractivity contribution in [2.75, 3.05) is 10.0 Å². The van der Waals surface area contributed by atoms with Gasteiger partial charge in [-0.2, -0.15) is 0 Å². The van der Waals surface area contributed by atoms with E-state index in [1.165, 1.54) is 0 Å². The number of rotatable bonds is 7. The van der Waals surface area contributed by atoms with Crippen LogP contribution in [-0.4, -0.2) is 29.5 Å². The number of pyridine rings is 1. The number of benzene rings is 1. The molecule has 1 amide bonds. The Morgan fingerprint density at radius 3 is 2.57 bits per heavy atom. The van der Waals surface area contributed by atoms with Crippen LogP contribution in [0.1, 0.15) is 18.5 Å². The molecule has 0 aliphatic heterocycles. The predicted molar refractivity (Wildman–Crippen MR) is 120 cm³/mol. The van der Waals surface area contributed by atoms with Gasteiger partial charge in [-0.1, -0.05) is 30.3 Å². The van der Waals surface area contributed by atoms with Gasteiger partial charge in [-0.15, -0.1) is 11.3 Å². The average molecular weight is 461 g/mol. The second-order valence-electron chi connectivity index (χ2n) is 6.79. The van der Waals surface area contributed by atoms with Crippen LogP contribution in [0.5, 0.6) is 0 Å². The molecule has 2 N–H and O–H groups in total. The van der Waals surface area contributed by atoms with Crippen LogP contribution in [0.3, 0.4) is 0 Å². The Morgan fingerprint density at radius 2 is 1.90 bits per heavy atom. The predicted octanol–water partition coefficient (Wildman–Crippen LogP) is 4.41. The van der Waals surface area contributed by atoms with Crippen LogP contribution >= 0.6 is 22.9 Å². The van der Waals surface area contributed by atoms with Crippen molar-refractivity contribution in [3.05, 3.63) is 65.4 Å². The Labute approximate surface area is 182 Å². The molecule has 7 nitrogen and oxygen atoms in total. The fraction of sp³-hybridized carbons (Fsp3) is 0.150. The summed E-state index contributed by atoms with van der Waals surface area (Å²) in [4.78, 5) is 20.8. The molecule has 1 aromatic carbocycles. The Morgan fingerprint density at radius 1 is 1.17 bits per heavy atom. The minimum atomic E-state index is -3.40. The van der Waals surface area contributed by atoms with E-state index in [-0.39, 0.29) is 16.0 Å². The third-order valence-electron chi connectivity index (χ3n) is 4.46. The van der Waals surface area contributed by atoms with Crippen LogP contribution in [0.2, 0.25) is 5.02 Å². The molecule has 154 valence electrons. The number of halogens is 1. The van der Waals surface area contributed by atoms with Gasteiger partial charge in [0.05, 0.1) is 21.5 Å². The lowest BCUT2D eigenvalue weighted by atomic mass is 10.1. The number of carbonyl (C=O) groups is 1. The van der Waals surface area contributed by atoms with Crippen molar-refractivity contribution < 1.29 is 13.2 Å². The van der Waals surface area contributed by atoms with Crippen LogP contribution in [0.25, 0.3) is 16.7 Å². The molecule has 0 unspecified atom stereocenters. The first-order valence-corrected chi connectivity index (χ1v) is 11.8. The van der Waals surface area contributed by atoms with Gasteiger partial charge in [0, 0.05) is 29.0 Å².